The molecule has 0 bridgehead atoms. The van der Waals surface area contributed by atoms with Gasteiger partial charge in [-0.2, -0.15) is 0 Å². The summed E-state index contributed by atoms with van der Waals surface area (Å²) in [6.07, 6.45) is 4.02. The van der Waals surface area contributed by atoms with Crippen molar-refractivity contribution in [3.63, 3.8) is 0 Å². The highest BCUT2D eigenvalue weighted by molar-refractivity contribution is 5.83. The molecule has 1 aromatic rings. The third kappa shape index (κ3) is 3.00. The van der Waals surface area contributed by atoms with Gasteiger partial charge >= 0.3 is 0 Å². The molecule has 2 aliphatic rings. The van der Waals surface area contributed by atoms with Crippen LogP contribution in [0.1, 0.15) is 43.1 Å². The van der Waals surface area contributed by atoms with E-state index in [1.54, 1.807) is 0 Å². The molecule has 2 saturated heterocycles. The summed E-state index contributed by atoms with van der Waals surface area (Å²) in [5.74, 6) is 1.86. The van der Waals surface area contributed by atoms with E-state index in [1.165, 1.54) is 0 Å². The van der Waals surface area contributed by atoms with E-state index in [0.717, 1.165) is 62.7 Å². The Kier molecular flexibility index (Phi) is 4.05. The van der Waals surface area contributed by atoms with Crippen LogP contribution in [0.4, 0.5) is 5.82 Å². The summed E-state index contributed by atoms with van der Waals surface area (Å²) in [5.41, 5.74) is 6.62. The summed E-state index contributed by atoms with van der Waals surface area (Å²) >= 11 is 0. The van der Waals surface area contributed by atoms with Crippen LogP contribution >= 0.6 is 0 Å². The summed E-state index contributed by atoms with van der Waals surface area (Å²) < 4.78 is 0. The van der Waals surface area contributed by atoms with E-state index in [9.17, 15) is 4.79 Å². The van der Waals surface area contributed by atoms with Crippen molar-refractivity contribution in [3.8, 4) is 0 Å². The van der Waals surface area contributed by atoms with Crippen molar-refractivity contribution in [1.29, 1.82) is 0 Å². The van der Waals surface area contributed by atoms with Gasteiger partial charge < -0.3 is 16.0 Å². The van der Waals surface area contributed by atoms with Crippen LogP contribution in [0.5, 0.6) is 0 Å². The minimum absolute atomic E-state index is 0.222. The SMILES string of the molecule is Cc1nc(C2CCNCC2)cc(N2CCC[C@@H]2C(N)=O)n1. The smallest absolute Gasteiger partial charge is 0.240 e. The van der Waals surface area contributed by atoms with E-state index < -0.39 is 0 Å². The van der Waals surface area contributed by atoms with Gasteiger partial charge in [0.05, 0.1) is 0 Å². The van der Waals surface area contributed by atoms with E-state index in [-0.39, 0.29) is 11.9 Å². The van der Waals surface area contributed by atoms with Gasteiger partial charge in [0, 0.05) is 24.2 Å². The number of rotatable bonds is 3. The molecule has 0 unspecified atom stereocenters. The van der Waals surface area contributed by atoms with Gasteiger partial charge in [-0.25, -0.2) is 9.97 Å². The Bertz CT molecular complexity index is 527. The molecule has 0 saturated carbocycles. The first-order valence-electron chi connectivity index (χ1n) is 7.77. The fourth-order valence-electron chi connectivity index (χ4n) is 3.39. The lowest BCUT2D eigenvalue weighted by Crippen LogP contribution is -2.41. The number of amides is 1. The van der Waals surface area contributed by atoms with E-state index in [4.69, 9.17) is 5.73 Å². The second kappa shape index (κ2) is 5.97. The zero-order valence-electron chi connectivity index (χ0n) is 12.5. The predicted molar refractivity (Wildman–Crippen MR) is 81.2 cm³/mol. The Morgan fingerprint density at radius 3 is 2.81 bits per heavy atom. The minimum Gasteiger partial charge on any atom is -0.368 e. The highest BCUT2D eigenvalue weighted by atomic mass is 16.1. The number of primary amides is 1. The fourth-order valence-corrected chi connectivity index (χ4v) is 3.39. The van der Waals surface area contributed by atoms with Crippen molar-refractivity contribution in [2.75, 3.05) is 24.5 Å². The number of aromatic nitrogens is 2. The zero-order chi connectivity index (χ0) is 14.8. The molecule has 2 fully saturated rings. The molecule has 21 heavy (non-hydrogen) atoms. The Hall–Kier alpha value is -1.69. The Morgan fingerprint density at radius 2 is 2.10 bits per heavy atom. The van der Waals surface area contributed by atoms with Crippen LogP contribution in [0.25, 0.3) is 0 Å². The van der Waals surface area contributed by atoms with Gasteiger partial charge in [0.25, 0.3) is 0 Å². The molecule has 1 amide bonds. The second-order valence-electron chi connectivity index (χ2n) is 5.98. The molecule has 1 aromatic heterocycles. The molecule has 0 aliphatic carbocycles. The molecule has 0 aromatic carbocycles. The van der Waals surface area contributed by atoms with Gasteiger partial charge in [0.2, 0.25) is 5.91 Å². The molecule has 3 N–H and O–H groups in total. The Labute approximate surface area is 125 Å². The summed E-state index contributed by atoms with van der Waals surface area (Å²) in [6.45, 7) is 4.84. The van der Waals surface area contributed by atoms with E-state index >= 15 is 0 Å². The largest absolute Gasteiger partial charge is 0.368 e. The van der Waals surface area contributed by atoms with Crippen molar-refractivity contribution < 1.29 is 4.79 Å². The van der Waals surface area contributed by atoms with Gasteiger partial charge in [-0.3, -0.25) is 4.79 Å². The zero-order valence-corrected chi connectivity index (χ0v) is 12.5. The van der Waals surface area contributed by atoms with Crippen molar-refractivity contribution >= 4 is 11.7 Å². The van der Waals surface area contributed by atoms with Crippen molar-refractivity contribution in [3.05, 3.63) is 17.6 Å². The topological polar surface area (TPSA) is 84.1 Å². The molecule has 6 heteroatoms. The molecular formula is C15H23N5O. The van der Waals surface area contributed by atoms with E-state index in [0.29, 0.717) is 5.92 Å². The lowest BCUT2D eigenvalue weighted by molar-refractivity contribution is -0.119. The minimum atomic E-state index is -0.257. The second-order valence-corrected chi connectivity index (χ2v) is 5.98. The molecule has 114 valence electrons. The van der Waals surface area contributed by atoms with Crippen molar-refractivity contribution in [2.24, 2.45) is 5.73 Å². The normalized spacial score (nSPS) is 23.5. The fraction of sp³-hybridized carbons (Fsp3) is 0.667. The standard InChI is InChI=1S/C15H23N5O/c1-10-18-12(11-4-6-17-7-5-11)9-14(19-10)20-8-2-3-13(20)15(16)21/h9,11,13,17H,2-8H2,1H3,(H2,16,21)/t13-/m1/s1. The summed E-state index contributed by atoms with van der Waals surface area (Å²) in [6, 6.07) is 1.84. The van der Waals surface area contributed by atoms with Gasteiger partial charge in [-0.1, -0.05) is 0 Å². The first-order chi connectivity index (χ1) is 10.1. The number of nitrogens with one attached hydrogen (secondary N) is 1. The number of nitrogens with zero attached hydrogens (tertiary/aromatic N) is 3. The van der Waals surface area contributed by atoms with Crippen LogP contribution in [-0.4, -0.2) is 41.6 Å². The first-order valence-corrected chi connectivity index (χ1v) is 7.77. The number of aryl methyl sites for hydroxylation is 1. The van der Waals surface area contributed by atoms with E-state index in [2.05, 4.69) is 21.4 Å². The summed E-state index contributed by atoms with van der Waals surface area (Å²) in [7, 11) is 0. The van der Waals surface area contributed by atoms with Crippen molar-refractivity contribution in [1.82, 2.24) is 15.3 Å². The number of hydrogen-bond donors (Lipinski definition) is 2. The average molecular weight is 289 g/mol. The molecular weight excluding hydrogens is 266 g/mol. The third-order valence-electron chi connectivity index (χ3n) is 4.48. The predicted octanol–water partition coefficient (Wildman–Crippen LogP) is 0.706. The monoisotopic (exact) mass is 289 g/mol. The van der Waals surface area contributed by atoms with Gasteiger partial charge in [0.15, 0.2) is 0 Å². The maximum atomic E-state index is 11.6. The maximum Gasteiger partial charge on any atom is 0.240 e. The Morgan fingerprint density at radius 1 is 1.33 bits per heavy atom. The molecule has 0 spiro atoms. The number of carbonyl (C=O) groups is 1. The number of nitrogens with two attached hydrogens (primary N) is 1. The number of hydrogen-bond acceptors (Lipinski definition) is 5. The maximum absolute atomic E-state index is 11.6. The Balaban J connectivity index is 1.88. The molecule has 2 aliphatic heterocycles. The molecule has 3 rings (SSSR count). The highest BCUT2D eigenvalue weighted by Crippen LogP contribution is 2.29. The first kappa shape index (κ1) is 14.3. The van der Waals surface area contributed by atoms with Crippen LogP contribution in [-0.2, 0) is 4.79 Å². The number of carbonyl (C=O) groups excluding carboxylic acids is 1. The quantitative estimate of drug-likeness (QED) is 0.856. The average Bonchev–Trinajstić information content (AvgIpc) is 2.97. The number of anilines is 1. The lowest BCUT2D eigenvalue weighted by atomic mass is 9.94. The molecule has 0 radical (unpaired) electrons. The van der Waals surface area contributed by atoms with Crippen LogP contribution < -0.4 is 16.0 Å². The third-order valence-corrected chi connectivity index (χ3v) is 4.48. The van der Waals surface area contributed by atoms with Gasteiger partial charge in [0.1, 0.15) is 17.7 Å². The highest BCUT2D eigenvalue weighted by Gasteiger charge is 2.31. The van der Waals surface area contributed by atoms with Crippen LogP contribution in [0.3, 0.4) is 0 Å². The van der Waals surface area contributed by atoms with Crippen LogP contribution in [0.15, 0.2) is 6.07 Å². The molecule has 1 atom stereocenters. The molecule has 3 heterocycles. The van der Waals surface area contributed by atoms with Gasteiger partial charge in [-0.05, 0) is 45.7 Å². The van der Waals surface area contributed by atoms with Gasteiger partial charge in [-0.15, -0.1) is 0 Å². The van der Waals surface area contributed by atoms with Crippen molar-refractivity contribution in [2.45, 2.75) is 44.6 Å². The molecule has 6 nitrogen and oxygen atoms in total. The lowest BCUT2D eigenvalue weighted by Gasteiger charge is -2.26. The van der Waals surface area contributed by atoms with E-state index in [1.807, 2.05) is 11.8 Å². The summed E-state index contributed by atoms with van der Waals surface area (Å²) in [4.78, 5) is 22.8. The summed E-state index contributed by atoms with van der Waals surface area (Å²) in [5, 5.41) is 3.38. The van der Waals surface area contributed by atoms with Crippen LogP contribution in [0.2, 0.25) is 0 Å². The number of piperidine rings is 1. The van der Waals surface area contributed by atoms with Crippen LogP contribution in [0, 0.1) is 6.92 Å².